The fourth-order valence-electron chi connectivity index (χ4n) is 3.47. The summed E-state index contributed by atoms with van der Waals surface area (Å²) in [6.07, 6.45) is 6.29. The molecule has 3 rings (SSSR count). The minimum absolute atomic E-state index is 0.0542. The van der Waals surface area contributed by atoms with Gasteiger partial charge in [0.1, 0.15) is 11.3 Å². The molecule has 0 N–H and O–H groups in total. The van der Waals surface area contributed by atoms with Crippen LogP contribution in [0.3, 0.4) is 0 Å². The molecule has 0 saturated heterocycles. The van der Waals surface area contributed by atoms with Gasteiger partial charge in [-0.2, -0.15) is 5.26 Å². The van der Waals surface area contributed by atoms with Gasteiger partial charge in [-0.05, 0) is 23.1 Å². The van der Waals surface area contributed by atoms with Crippen molar-refractivity contribution in [2.24, 2.45) is 5.92 Å². The van der Waals surface area contributed by atoms with Gasteiger partial charge in [0, 0.05) is 5.92 Å². The quantitative estimate of drug-likeness (QED) is 0.610. The lowest BCUT2D eigenvalue weighted by atomic mass is 9.69. The summed E-state index contributed by atoms with van der Waals surface area (Å²) in [5.74, 6) is -0.651. The topological polar surface area (TPSA) is 50.1 Å². The molecule has 3 atom stereocenters. The minimum Gasteiger partial charge on any atom is -0.468 e. The third kappa shape index (κ3) is 1.42. The Kier molecular flexibility index (Phi) is 2.76. The number of hydrogen-bond donors (Lipinski definition) is 0. The standard InChI is InChI=1S/C17H15NO2/c1-3-12-9-11-5-4-6-13-14(16(19)20-2)7-8-17(12,10-18)15(11)13/h3-8,12,14H,1,9H2,2H3/t12-,14-,17+/m1/s1. The van der Waals surface area contributed by atoms with E-state index in [9.17, 15) is 10.1 Å². The summed E-state index contributed by atoms with van der Waals surface area (Å²) in [4.78, 5) is 11.9. The second kappa shape index (κ2) is 4.35. The smallest absolute Gasteiger partial charge is 0.317 e. The summed E-state index contributed by atoms with van der Waals surface area (Å²) in [6.45, 7) is 3.86. The Hall–Kier alpha value is -2.34. The van der Waals surface area contributed by atoms with Crippen molar-refractivity contribution in [3.05, 3.63) is 59.7 Å². The summed E-state index contributed by atoms with van der Waals surface area (Å²) in [5.41, 5.74) is 2.32. The van der Waals surface area contributed by atoms with E-state index < -0.39 is 11.3 Å². The van der Waals surface area contributed by atoms with Crippen LogP contribution in [0.1, 0.15) is 22.6 Å². The average Bonchev–Trinajstić information content (AvgIpc) is 2.83. The number of ether oxygens (including phenoxy) is 1. The first-order valence-corrected chi connectivity index (χ1v) is 6.61. The van der Waals surface area contributed by atoms with Crippen molar-refractivity contribution in [3.8, 4) is 6.07 Å². The third-order valence-electron chi connectivity index (χ3n) is 4.43. The van der Waals surface area contributed by atoms with Crippen molar-refractivity contribution in [2.75, 3.05) is 7.11 Å². The van der Waals surface area contributed by atoms with E-state index in [2.05, 4.69) is 12.6 Å². The van der Waals surface area contributed by atoms with Crippen molar-refractivity contribution in [1.29, 1.82) is 5.26 Å². The maximum absolute atomic E-state index is 11.9. The van der Waals surface area contributed by atoms with Gasteiger partial charge in [0.2, 0.25) is 0 Å². The molecular formula is C17H15NO2. The fourth-order valence-corrected chi connectivity index (χ4v) is 3.47. The first-order valence-electron chi connectivity index (χ1n) is 6.61. The maximum atomic E-state index is 11.9. The van der Waals surface area contributed by atoms with Gasteiger partial charge >= 0.3 is 5.97 Å². The number of allylic oxidation sites excluding steroid dienone is 2. The van der Waals surface area contributed by atoms with E-state index in [0.29, 0.717) is 0 Å². The second-order valence-electron chi connectivity index (χ2n) is 5.27. The second-order valence-corrected chi connectivity index (χ2v) is 5.27. The van der Waals surface area contributed by atoms with Gasteiger partial charge in [0.05, 0.1) is 13.2 Å². The Bertz CT molecular complexity index is 668. The molecule has 2 aliphatic carbocycles. The zero-order valence-electron chi connectivity index (χ0n) is 11.3. The Morgan fingerprint density at radius 1 is 1.60 bits per heavy atom. The van der Waals surface area contributed by atoms with E-state index in [1.165, 1.54) is 7.11 Å². The molecule has 0 amide bonds. The molecule has 0 unspecified atom stereocenters. The van der Waals surface area contributed by atoms with Gasteiger partial charge in [-0.25, -0.2) is 0 Å². The van der Waals surface area contributed by atoms with E-state index in [4.69, 9.17) is 4.74 Å². The average molecular weight is 265 g/mol. The number of benzene rings is 1. The summed E-state index contributed by atoms with van der Waals surface area (Å²) in [7, 11) is 1.39. The van der Waals surface area contributed by atoms with E-state index in [1.54, 1.807) is 6.08 Å². The number of rotatable bonds is 2. The van der Waals surface area contributed by atoms with Crippen LogP contribution in [0.4, 0.5) is 0 Å². The lowest BCUT2D eigenvalue weighted by Gasteiger charge is -2.31. The number of methoxy groups -OCH3 is 1. The van der Waals surface area contributed by atoms with Crippen LogP contribution in [-0.2, 0) is 21.4 Å². The summed E-state index contributed by atoms with van der Waals surface area (Å²) >= 11 is 0. The van der Waals surface area contributed by atoms with Gasteiger partial charge in [-0.3, -0.25) is 4.79 Å². The van der Waals surface area contributed by atoms with E-state index in [0.717, 1.165) is 23.1 Å². The molecule has 1 aromatic rings. The molecule has 100 valence electrons. The largest absolute Gasteiger partial charge is 0.468 e. The Morgan fingerprint density at radius 3 is 3.05 bits per heavy atom. The van der Waals surface area contributed by atoms with Crippen LogP contribution in [0.25, 0.3) is 0 Å². The number of nitriles is 1. The molecule has 0 bridgehead atoms. The minimum atomic E-state index is -0.682. The molecule has 20 heavy (non-hydrogen) atoms. The molecule has 0 radical (unpaired) electrons. The van der Waals surface area contributed by atoms with Crippen LogP contribution in [-0.4, -0.2) is 13.1 Å². The first kappa shape index (κ1) is 12.7. The molecule has 0 fully saturated rings. The maximum Gasteiger partial charge on any atom is 0.317 e. The summed E-state index contributed by atoms with van der Waals surface area (Å²) < 4.78 is 4.87. The van der Waals surface area contributed by atoms with Gasteiger partial charge < -0.3 is 4.74 Å². The van der Waals surface area contributed by atoms with Gasteiger partial charge in [0.15, 0.2) is 0 Å². The molecular weight excluding hydrogens is 250 g/mol. The normalized spacial score (nSPS) is 29.4. The Balaban J connectivity index is 2.26. The van der Waals surface area contributed by atoms with Crippen molar-refractivity contribution >= 4 is 5.97 Å². The first-order chi connectivity index (χ1) is 9.67. The Morgan fingerprint density at radius 2 is 2.40 bits per heavy atom. The predicted octanol–water partition coefficient (Wildman–Crippen LogP) is 2.63. The fraction of sp³-hybridized carbons (Fsp3) is 0.294. The summed E-state index contributed by atoms with van der Waals surface area (Å²) in [5, 5.41) is 9.74. The monoisotopic (exact) mass is 265 g/mol. The number of esters is 1. The molecule has 1 aromatic carbocycles. The third-order valence-corrected chi connectivity index (χ3v) is 4.43. The van der Waals surface area contributed by atoms with Crippen LogP contribution < -0.4 is 0 Å². The lowest BCUT2D eigenvalue weighted by molar-refractivity contribution is -0.141. The van der Waals surface area contributed by atoms with Crippen molar-refractivity contribution in [1.82, 2.24) is 0 Å². The van der Waals surface area contributed by atoms with Crippen molar-refractivity contribution in [3.63, 3.8) is 0 Å². The number of carbonyl (C=O) groups excluding carboxylic acids is 1. The SMILES string of the molecule is C=C[C@@H]1Cc2cccc3c2[C@]1(C#N)C=C[C@H]3C(=O)OC. The number of nitrogens with zero attached hydrogens (tertiary/aromatic N) is 1. The van der Waals surface area contributed by atoms with Gasteiger partial charge in [0.25, 0.3) is 0 Å². The predicted molar refractivity (Wildman–Crippen MR) is 75.0 cm³/mol. The zero-order chi connectivity index (χ0) is 14.3. The van der Waals surface area contributed by atoms with Crippen LogP contribution in [0.15, 0.2) is 43.0 Å². The van der Waals surface area contributed by atoms with Crippen molar-refractivity contribution < 1.29 is 9.53 Å². The van der Waals surface area contributed by atoms with Crippen LogP contribution >= 0.6 is 0 Å². The van der Waals surface area contributed by atoms with Gasteiger partial charge in [-0.1, -0.05) is 36.4 Å². The lowest BCUT2D eigenvalue weighted by Crippen LogP contribution is -2.32. The van der Waals surface area contributed by atoms with E-state index in [-0.39, 0.29) is 11.9 Å². The van der Waals surface area contributed by atoms with E-state index in [1.807, 2.05) is 30.4 Å². The van der Waals surface area contributed by atoms with Crippen LogP contribution in [0.5, 0.6) is 0 Å². The van der Waals surface area contributed by atoms with Crippen LogP contribution in [0, 0.1) is 17.2 Å². The highest BCUT2D eigenvalue weighted by atomic mass is 16.5. The number of hydrogen-bond acceptors (Lipinski definition) is 3. The highest BCUT2D eigenvalue weighted by molar-refractivity contribution is 5.83. The van der Waals surface area contributed by atoms with E-state index >= 15 is 0 Å². The molecule has 3 heteroatoms. The molecule has 0 heterocycles. The zero-order valence-corrected chi connectivity index (χ0v) is 11.3. The molecule has 3 nitrogen and oxygen atoms in total. The van der Waals surface area contributed by atoms with Gasteiger partial charge in [-0.15, -0.1) is 6.58 Å². The molecule has 0 spiro atoms. The molecule has 0 aromatic heterocycles. The molecule has 2 aliphatic rings. The highest BCUT2D eigenvalue weighted by Crippen LogP contribution is 2.51. The van der Waals surface area contributed by atoms with Crippen molar-refractivity contribution in [2.45, 2.75) is 17.8 Å². The highest BCUT2D eigenvalue weighted by Gasteiger charge is 2.49. The summed E-state index contributed by atoms with van der Waals surface area (Å²) in [6, 6.07) is 8.33. The molecule has 0 aliphatic heterocycles. The van der Waals surface area contributed by atoms with Crippen LogP contribution in [0.2, 0.25) is 0 Å². The molecule has 0 saturated carbocycles. The Labute approximate surface area is 118 Å². The number of carbonyl (C=O) groups is 1.